The molecule has 0 spiro atoms. The first-order chi connectivity index (χ1) is 11.6. The van der Waals surface area contributed by atoms with Crippen molar-refractivity contribution in [1.82, 2.24) is 5.43 Å². The van der Waals surface area contributed by atoms with Gasteiger partial charge in [0, 0.05) is 10.9 Å². The Labute approximate surface area is 135 Å². The second-order valence-corrected chi connectivity index (χ2v) is 4.94. The van der Waals surface area contributed by atoms with Gasteiger partial charge < -0.3 is 14.6 Å². The predicted molar refractivity (Wildman–Crippen MR) is 84.4 cm³/mol. The average Bonchev–Trinajstić information content (AvgIpc) is 2.59. The van der Waals surface area contributed by atoms with E-state index >= 15 is 0 Å². The van der Waals surface area contributed by atoms with E-state index < -0.39 is 5.91 Å². The van der Waals surface area contributed by atoms with E-state index in [1.165, 1.54) is 48.7 Å². The molecule has 0 saturated carbocycles. The van der Waals surface area contributed by atoms with Crippen LogP contribution in [0.2, 0.25) is 0 Å². The highest BCUT2D eigenvalue weighted by Crippen LogP contribution is 2.17. The second kappa shape index (κ2) is 6.25. The number of rotatable bonds is 3. The molecular weight excluding hydrogens is 312 g/mol. The van der Waals surface area contributed by atoms with E-state index in [0.717, 1.165) is 0 Å². The zero-order chi connectivity index (χ0) is 17.1. The fourth-order valence-electron chi connectivity index (χ4n) is 2.14. The van der Waals surface area contributed by atoms with Crippen molar-refractivity contribution < 1.29 is 24.2 Å². The lowest BCUT2D eigenvalue weighted by molar-refractivity contribution is 0.0952. The molecule has 0 aliphatic heterocycles. The molecule has 3 N–H and O–H groups in total. The summed E-state index contributed by atoms with van der Waals surface area (Å²) < 4.78 is 5.29. The van der Waals surface area contributed by atoms with Crippen LogP contribution in [-0.4, -0.2) is 22.4 Å². The van der Waals surface area contributed by atoms with Crippen LogP contribution in [0.4, 0.5) is 0 Å². The highest BCUT2D eigenvalue weighted by Gasteiger charge is 2.08. The standard InChI is InChI=1S/C17H12N2O5/c20-8-11-9-24-15-6-5-13(22)7-14(15)16(11)18-19-17(23)10-1-3-12(21)4-2-10/h1-9,21-22H,(H,19,23). The normalized spacial score (nSPS) is 11.4. The minimum absolute atomic E-state index is 0.0259. The van der Waals surface area contributed by atoms with Crippen LogP contribution in [0.25, 0.3) is 11.0 Å². The molecule has 7 nitrogen and oxygen atoms in total. The molecule has 7 heteroatoms. The van der Waals surface area contributed by atoms with Gasteiger partial charge >= 0.3 is 0 Å². The third kappa shape index (κ3) is 2.95. The molecule has 2 aromatic carbocycles. The molecule has 24 heavy (non-hydrogen) atoms. The molecule has 0 radical (unpaired) electrons. The quantitative estimate of drug-likeness (QED) is 0.503. The molecule has 0 atom stereocenters. The summed E-state index contributed by atoms with van der Waals surface area (Å²) in [6.07, 6.45) is 1.76. The van der Waals surface area contributed by atoms with Gasteiger partial charge in [0.05, 0.1) is 5.56 Å². The van der Waals surface area contributed by atoms with Crippen LogP contribution in [0.3, 0.4) is 0 Å². The first kappa shape index (κ1) is 15.3. The topological polar surface area (TPSA) is 112 Å². The van der Waals surface area contributed by atoms with Crippen LogP contribution in [-0.2, 0) is 0 Å². The molecule has 3 aromatic rings. The molecule has 3 rings (SSSR count). The summed E-state index contributed by atoms with van der Waals surface area (Å²) in [5.74, 6) is -0.499. The van der Waals surface area contributed by atoms with E-state index in [1.807, 2.05) is 0 Å². The highest BCUT2D eigenvalue weighted by atomic mass is 16.3. The van der Waals surface area contributed by atoms with Gasteiger partial charge in [-0.25, -0.2) is 5.43 Å². The summed E-state index contributed by atoms with van der Waals surface area (Å²) >= 11 is 0. The Hall–Kier alpha value is -3.61. The van der Waals surface area contributed by atoms with Crippen molar-refractivity contribution in [3.63, 3.8) is 0 Å². The number of carbonyl (C=O) groups is 2. The lowest BCUT2D eigenvalue weighted by Gasteiger charge is -2.03. The monoisotopic (exact) mass is 324 g/mol. The van der Waals surface area contributed by atoms with Crippen LogP contribution in [0.5, 0.6) is 11.5 Å². The summed E-state index contributed by atoms with van der Waals surface area (Å²) in [6, 6.07) is 9.97. The minimum Gasteiger partial charge on any atom is -0.508 e. The maximum Gasteiger partial charge on any atom is 0.271 e. The molecule has 120 valence electrons. The van der Waals surface area contributed by atoms with Crippen LogP contribution in [0, 0.1) is 0 Å². The molecule has 0 aliphatic carbocycles. The number of hydrogen-bond donors (Lipinski definition) is 3. The summed E-state index contributed by atoms with van der Waals surface area (Å²) in [5, 5.41) is 23.4. The van der Waals surface area contributed by atoms with Crippen molar-refractivity contribution in [2.75, 3.05) is 0 Å². The van der Waals surface area contributed by atoms with Gasteiger partial charge in [0.15, 0.2) is 6.29 Å². The average molecular weight is 324 g/mol. The number of hydrogen-bond acceptors (Lipinski definition) is 6. The van der Waals surface area contributed by atoms with Gasteiger partial charge in [-0.15, -0.1) is 0 Å². The number of benzene rings is 2. The zero-order valence-corrected chi connectivity index (χ0v) is 12.3. The smallest absolute Gasteiger partial charge is 0.271 e. The summed E-state index contributed by atoms with van der Waals surface area (Å²) in [5.41, 5.74) is 3.16. The predicted octanol–water partition coefficient (Wildman–Crippen LogP) is 1.90. The van der Waals surface area contributed by atoms with Gasteiger partial charge in [0.1, 0.15) is 28.7 Å². The van der Waals surface area contributed by atoms with Crippen LogP contribution >= 0.6 is 0 Å². The minimum atomic E-state index is -0.513. The van der Waals surface area contributed by atoms with Gasteiger partial charge in [-0.3, -0.25) is 9.59 Å². The van der Waals surface area contributed by atoms with Crippen molar-refractivity contribution >= 4 is 23.2 Å². The second-order valence-electron chi connectivity index (χ2n) is 4.94. The van der Waals surface area contributed by atoms with Crippen LogP contribution in [0.1, 0.15) is 20.7 Å². The summed E-state index contributed by atoms with van der Waals surface area (Å²) in [4.78, 5) is 23.3. The third-order valence-electron chi connectivity index (χ3n) is 3.33. The van der Waals surface area contributed by atoms with Crippen molar-refractivity contribution in [2.45, 2.75) is 0 Å². The number of carbonyl (C=O) groups excluding carboxylic acids is 2. The number of nitrogens with zero attached hydrogens (tertiary/aromatic N) is 1. The molecule has 1 heterocycles. The molecule has 1 aromatic heterocycles. The first-order valence-corrected chi connectivity index (χ1v) is 6.91. The lowest BCUT2D eigenvalue weighted by atomic mass is 10.1. The molecule has 0 fully saturated rings. The van der Waals surface area contributed by atoms with Gasteiger partial charge in [-0.2, -0.15) is 5.10 Å². The molecular formula is C17H12N2O5. The van der Waals surface area contributed by atoms with Crippen LogP contribution in [0.15, 0.2) is 58.2 Å². The molecule has 0 aliphatic rings. The van der Waals surface area contributed by atoms with E-state index in [0.29, 0.717) is 17.3 Å². The molecule has 0 saturated heterocycles. The third-order valence-corrected chi connectivity index (χ3v) is 3.33. The van der Waals surface area contributed by atoms with E-state index in [4.69, 9.17) is 4.42 Å². The number of fused-ring (bicyclic) bond motifs is 1. The highest BCUT2D eigenvalue weighted by molar-refractivity contribution is 5.94. The van der Waals surface area contributed by atoms with Crippen molar-refractivity contribution in [1.29, 1.82) is 0 Å². The first-order valence-electron chi connectivity index (χ1n) is 6.91. The van der Waals surface area contributed by atoms with Gasteiger partial charge in [0.25, 0.3) is 5.91 Å². The van der Waals surface area contributed by atoms with Gasteiger partial charge in [-0.1, -0.05) is 0 Å². The maximum atomic E-state index is 12.1. The number of phenolic OH excluding ortho intramolecular Hbond substituents is 2. The van der Waals surface area contributed by atoms with E-state index in [9.17, 15) is 19.8 Å². The summed E-state index contributed by atoms with van der Waals surface area (Å²) in [7, 11) is 0. The maximum absolute atomic E-state index is 12.1. The number of phenols is 2. The summed E-state index contributed by atoms with van der Waals surface area (Å²) in [6.45, 7) is 0. The Morgan fingerprint density at radius 1 is 1.08 bits per heavy atom. The molecule has 0 bridgehead atoms. The van der Waals surface area contributed by atoms with Gasteiger partial charge in [0.2, 0.25) is 0 Å². The van der Waals surface area contributed by atoms with E-state index in [-0.39, 0.29) is 28.0 Å². The fourth-order valence-corrected chi connectivity index (χ4v) is 2.14. The number of nitrogens with one attached hydrogen (secondary N) is 1. The van der Waals surface area contributed by atoms with Crippen molar-refractivity contribution in [3.05, 3.63) is 65.2 Å². The Bertz CT molecular complexity index is 990. The molecule has 1 amide bonds. The SMILES string of the molecule is O=Cc1coc2ccc(O)cc2c1=NNC(=O)c1ccc(O)cc1. The number of amides is 1. The lowest BCUT2D eigenvalue weighted by Crippen LogP contribution is -2.23. The van der Waals surface area contributed by atoms with E-state index in [2.05, 4.69) is 10.5 Å². The van der Waals surface area contributed by atoms with Crippen molar-refractivity contribution in [3.8, 4) is 11.5 Å². The zero-order valence-electron chi connectivity index (χ0n) is 12.3. The van der Waals surface area contributed by atoms with E-state index in [1.54, 1.807) is 0 Å². The Morgan fingerprint density at radius 2 is 1.79 bits per heavy atom. The Kier molecular flexibility index (Phi) is 3.98. The Morgan fingerprint density at radius 3 is 2.50 bits per heavy atom. The molecule has 0 unspecified atom stereocenters. The van der Waals surface area contributed by atoms with Gasteiger partial charge in [-0.05, 0) is 42.5 Å². The Balaban J connectivity index is 2.05. The largest absolute Gasteiger partial charge is 0.508 e. The number of aldehydes is 1. The van der Waals surface area contributed by atoms with Crippen LogP contribution < -0.4 is 10.8 Å². The fraction of sp³-hybridized carbons (Fsp3) is 0. The van der Waals surface area contributed by atoms with Crippen molar-refractivity contribution in [2.24, 2.45) is 5.10 Å². The number of aromatic hydroxyl groups is 2.